The number of aliphatic hydroxyl groups is 1. The number of allylic oxidation sites excluding steroid dienone is 1. The van der Waals surface area contributed by atoms with Crippen molar-refractivity contribution in [2.24, 2.45) is 17.8 Å². The monoisotopic (exact) mass is 394 g/mol. The molecular weight excluding hydrogens is 375 g/mol. The molecule has 1 aromatic carbocycles. The number of nitrogens with two attached hydrogens (primary N) is 1. The van der Waals surface area contributed by atoms with Gasteiger partial charge in [0.05, 0.1) is 12.3 Å². The van der Waals surface area contributed by atoms with Gasteiger partial charge in [0.1, 0.15) is 10.4 Å². The van der Waals surface area contributed by atoms with Crippen LogP contribution >= 0.6 is 15.9 Å². The van der Waals surface area contributed by atoms with Gasteiger partial charge in [0.2, 0.25) is 0 Å². The summed E-state index contributed by atoms with van der Waals surface area (Å²) in [6.45, 7) is 2.32. The van der Waals surface area contributed by atoms with Crippen LogP contribution in [0.25, 0.3) is 11.3 Å². The lowest BCUT2D eigenvalue weighted by Gasteiger charge is -2.09. The van der Waals surface area contributed by atoms with Gasteiger partial charge in [-0.25, -0.2) is 4.39 Å². The number of aliphatic imine (C=N–C) groups is 1. The molecule has 3 N–H and O–H groups in total. The Morgan fingerprint density at radius 3 is 2.83 bits per heavy atom. The van der Waals surface area contributed by atoms with Gasteiger partial charge in [-0.1, -0.05) is 0 Å². The molecule has 0 aliphatic heterocycles. The Hall–Kier alpha value is -1.99. The van der Waals surface area contributed by atoms with Gasteiger partial charge in [0, 0.05) is 49.1 Å². The Kier molecular flexibility index (Phi) is 6.28. The fourth-order valence-electron chi connectivity index (χ4n) is 2.46. The van der Waals surface area contributed by atoms with Crippen LogP contribution in [-0.4, -0.2) is 26.1 Å². The average molecular weight is 395 g/mol. The number of aryl methyl sites for hydroxylation is 1. The number of aromatic nitrogens is 2. The van der Waals surface area contributed by atoms with Gasteiger partial charge in [-0.3, -0.25) is 9.67 Å². The molecule has 1 heterocycles. The minimum absolute atomic E-state index is 0.260. The predicted molar refractivity (Wildman–Crippen MR) is 97.4 cm³/mol. The molecule has 0 fully saturated rings. The van der Waals surface area contributed by atoms with Crippen LogP contribution in [0.1, 0.15) is 18.1 Å². The molecule has 0 spiro atoms. The van der Waals surface area contributed by atoms with E-state index >= 15 is 0 Å². The zero-order valence-corrected chi connectivity index (χ0v) is 15.2. The van der Waals surface area contributed by atoms with Crippen molar-refractivity contribution in [2.75, 3.05) is 6.54 Å². The topological polar surface area (TPSA) is 76.4 Å². The first-order valence-electron chi connectivity index (χ1n) is 7.53. The van der Waals surface area contributed by atoms with Gasteiger partial charge in [-0.15, -0.1) is 0 Å². The Bertz CT molecular complexity index is 783. The lowest BCUT2D eigenvalue weighted by atomic mass is 9.99. The van der Waals surface area contributed by atoms with Crippen molar-refractivity contribution < 1.29 is 9.50 Å². The van der Waals surface area contributed by atoms with Crippen molar-refractivity contribution in [3.05, 3.63) is 53.1 Å². The number of rotatable bonds is 6. The minimum Gasteiger partial charge on any atom is -0.404 e. The van der Waals surface area contributed by atoms with E-state index in [2.05, 4.69) is 26.0 Å². The number of nitrogens with zero attached hydrogens (tertiary/aromatic N) is 3. The van der Waals surface area contributed by atoms with E-state index in [1.807, 2.05) is 20.2 Å². The average Bonchev–Trinajstić information content (AvgIpc) is 2.92. The number of hydrogen-bond donors (Lipinski definition) is 2. The second-order valence-electron chi connectivity index (χ2n) is 5.27. The molecule has 5 nitrogen and oxygen atoms in total. The zero-order valence-electron chi connectivity index (χ0n) is 13.6. The second kappa shape index (κ2) is 8.21. The third-order valence-electron chi connectivity index (χ3n) is 3.54. The summed E-state index contributed by atoms with van der Waals surface area (Å²) < 4.78 is 15.8. The second-order valence-corrected chi connectivity index (χ2v) is 6.02. The van der Waals surface area contributed by atoms with Crippen LogP contribution in [0.4, 0.5) is 4.39 Å². The summed E-state index contributed by atoms with van der Waals surface area (Å²) in [5, 5.41) is 14.0. The number of halogens is 2. The highest BCUT2D eigenvalue weighted by molar-refractivity contribution is 9.18. The molecule has 0 saturated carbocycles. The van der Waals surface area contributed by atoms with Crippen LogP contribution in [0, 0.1) is 5.82 Å². The number of aliphatic hydroxyl groups excluding tert-OH is 1. The molecule has 0 atom stereocenters. The highest BCUT2D eigenvalue weighted by atomic mass is 79.9. The van der Waals surface area contributed by atoms with Crippen LogP contribution < -0.4 is 5.73 Å². The third kappa shape index (κ3) is 4.10. The first-order chi connectivity index (χ1) is 11.5. The molecule has 7 heteroatoms. The summed E-state index contributed by atoms with van der Waals surface area (Å²) in [5.41, 5.74) is 9.37. The van der Waals surface area contributed by atoms with Crippen molar-refractivity contribution in [3.8, 4) is 11.3 Å². The molecule has 1 aromatic heterocycles. The fraction of sp³-hybridized carbons (Fsp3) is 0.294. The van der Waals surface area contributed by atoms with Crippen molar-refractivity contribution in [1.82, 2.24) is 9.78 Å². The lowest BCUT2D eigenvalue weighted by Crippen LogP contribution is -2.03. The van der Waals surface area contributed by atoms with Crippen molar-refractivity contribution >= 4 is 20.6 Å². The molecule has 0 aliphatic carbocycles. The summed E-state index contributed by atoms with van der Waals surface area (Å²) in [5.74, 6) is -0.388. The van der Waals surface area contributed by atoms with Crippen LogP contribution in [0.2, 0.25) is 0 Å². The van der Waals surface area contributed by atoms with Gasteiger partial charge >= 0.3 is 0 Å². The first kappa shape index (κ1) is 18.4. The fourth-order valence-corrected chi connectivity index (χ4v) is 2.99. The summed E-state index contributed by atoms with van der Waals surface area (Å²) in [7, 11) is 1.82. The van der Waals surface area contributed by atoms with E-state index in [0.717, 1.165) is 11.1 Å². The molecule has 24 heavy (non-hydrogen) atoms. The maximum absolute atomic E-state index is 13.4. The normalized spacial score (nSPS) is 12.7. The van der Waals surface area contributed by atoms with Crippen molar-refractivity contribution in [3.63, 3.8) is 0 Å². The van der Waals surface area contributed by atoms with Crippen LogP contribution in [0.15, 0.2) is 41.2 Å². The molecule has 0 aliphatic rings. The van der Waals surface area contributed by atoms with Gasteiger partial charge in [0.25, 0.3) is 0 Å². The molecular formula is C17H20BrFN4O. The molecule has 128 valence electrons. The zero-order chi connectivity index (χ0) is 17.7. The third-order valence-corrected chi connectivity index (χ3v) is 4.30. The predicted octanol–water partition coefficient (Wildman–Crippen LogP) is 2.92. The van der Waals surface area contributed by atoms with E-state index in [-0.39, 0.29) is 12.4 Å². The maximum Gasteiger partial charge on any atom is 0.123 e. The number of hydrogen-bond acceptors (Lipinski definition) is 4. The molecule has 0 bridgehead atoms. The summed E-state index contributed by atoms with van der Waals surface area (Å²) in [6.07, 6.45) is 3.92. The molecule has 2 aromatic rings. The Morgan fingerprint density at radius 1 is 1.46 bits per heavy atom. The van der Waals surface area contributed by atoms with E-state index in [1.54, 1.807) is 10.7 Å². The largest absolute Gasteiger partial charge is 0.404 e. The van der Waals surface area contributed by atoms with Crippen molar-refractivity contribution in [1.29, 1.82) is 0 Å². The molecule has 2 rings (SSSR count). The van der Waals surface area contributed by atoms with Gasteiger partial charge < -0.3 is 10.8 Å². The van der Waals surface area contributed by atoms with E-state index < -0.39 is 0 Å². The lowest BCUT2D eigenvalue weighted by molar-refractivity contribution is 0.281. The quantitative estimate of drug-likeness (QED) is 0.739. The molecule has 0 radical (unpaired) electrons. The van der Waals surface area contributed by atoms with Gasteiger partial charge in [-0.05, 0) is 46.6 Å². The Labute approximate surface area is 148 Å². The molecule has 0 unspecified atom stereocenters. The highest BCUT2D eigenvalue weighted by Crippen LogP contribution is 2.28. The summed E-state index contributed by atoms with van der Waals surface area (Å²) in [6, 6.07) is 4.32. The number of benzene rings is 1. The minimum atomic E-state index is -0.388. The smallest absolute Gasteiger partial charge is 0.123 e. The first-order valence-corrected chi connectivity index (χ1v) is 8.32. The standard InChI is InChI=1S/C17H20BrFN4O/c1-3-21-17(18)11(8-20)6-12-9-23(2)22-16(12)15-5-4-14(19)7-13(15)10-24/h4-5,7-9,24H,3,6,10,20H2,1-2H3/b11-8-,21-17?. The molecule has 0 saturated heterocycles. The SMILES string of the molecule is CCN=C(Br)/C(=C\N)Cc1cn(C)nc1-c1ccc(F)cc1CO. The van der Waals surface area contributed by atoms with Crippen LogP contribution in [-0.2, 0) is 20.1 Å². The summed E-state index contributed by atoms with van der Waals surface area (Å²) >= 11 is 3.43. The highest BCUT2D eigenvalue weighted by Gasteiger charge is 2.16. The van der Waals surface area contributed by atoms with E-state index in [0.29, 0.717) is 34.4 Å². The summed E-state index contributed by atoms with van der Waals surface area (Å²) in [4.78, 5) is 4.31. The van der Waals surface area contributed by atoms with E-state index in [9.17, 15) is 9.50 Å². The van der Waals surface area contributed by atoms with Crippen molar-refractivity contribution in [2.45, 2.75) is 20.0 Å². The van der Waals surface area contributed by atoms with Gasteiger partial charge in [-0.2, -0.15) is 5.10 Å². The van der Waals surface area contributed by atoms with E-state index in [4.69, 9.17) is 5.73 Å². The molecule has 0 amide bonds. The van der Waals surface area contributed by atoms with Gasteiger partial charge in [0.15, 0.2) is 0 Å². The maximum atomic E-state index is 13.4. The van der Waals surface area contributed by atoms with Crippen LogP contribution in [0.5, 0.6) is 0 Å². The Morgan fingerprint density at radius 2 is 2.21 bits per heavy atom. The van der Waals surface area contributed by atoms with E-state index in [1.165, 1.54) is 18.3 Å². The Balaban J connectivity index is 2.47. The van der Waals surface area contributed by atoms with Crippen LogP contribution in [0.3, 0.4) is 0 Å².